The summed E-state index contributed by atoms with van der Waals surface area (Å²) >= 11 is 1.91. The highest BCUT2D eigenvalue weighted by molar-refractivity contribution is 7.98. The summed E-state index contributed by atoms with van der Waals surface area (Å²) in [5, 5.41) is 3.71. The first kappa shape index (κ1) is 11.7. The third kappa shape index (κ3) is 2.06. The molecule has 0 amide bonds. The van der Waals surface area contributed by atoms with E-state index in [1.165, 1.54) is 18.6 Å². The van der Waals surface area contributed by atoms with Crippen LogP contribution in [-0.4, -0.2) is 37.3 Å². The van der Waals surface area contributed by atoms with Crippen molar-refractivity contribution >= 4 is 11.8 Å². The van der Waals surface area contributed by atoms with Gasteiger partial charge >= 0.3 is 0 Å². The maximum atomic E-state index is 5.88. The van der Waals surface area contributed by atoms with E-state index < -0.39 is 0 Å². The summed E-state index contributed by atoms with van der Waals surface area (Å²) in [6, 6.07) is 0.676. The van der Waals surface area contributed by atoms with Crippen LogP contribution in [0.3, 0.4) is 0 Å². The molecule has 1 heterocycles. The molecule has 2 nitrogen and oxygen atoms in total. The second-order valence-electron chi connectivity index (χ2n) is 5.34. The van der Waals surface area contributed by atoms with Crippen LogP contribution in [0.5, 0.6) is 0 Å². The van der Waals surface area contributed by atoms with Crippen molar-refractivity contribution in [3.8, 4) is 0 Å². The van der Waals surface area contributed by atoms with Gasteiger partial charge in [-0.2, -0.15) is 11.8 Å². The molecule has 0 bridgehead atoms. The summed E-state index contributed by atoms with van der Waals surface area (Å²) < 4.78 is 5.88. The van der Waals surface area contributed by atoms with Crippen LogP contribution in [0.4, 0.5) is 0 Å². The van der Waals surface area contributed by atoms with E-state index in [1.807, 2.05) is 11.8 Å². The fraction of sp³-hybridized carbons (Fsp3) is 1.00. The maximum Gasteiger partial charge on any atom is 0.0684 e. The van der Waals surface area contributed by atoms with Gasteiger partial charge in [0.2, 0.25) is 0 Å². The number of nitrogens with one attached hydrogen (secondary N) is 1. The number of hydrogen-bond acceptors (Lipinski definition) is 3. The highest BCUT2D eigenvalue weighted by atomic mass is 32.2. The number of rotatable bonds is 4. The van der Waals surface area contributed by atoms with Crippen LogP contribution in [0.2, 0.25) is 0 Å². The van der Waals surface area contributed by atoms with Crippen molar-refractivity contribution in [1.29, 1.82) is 0 Å². The zero-order valence-corrected chi connectivity index (χ0v) is 10.9. The highest BCUT2D eigenvalue weighted by Crippen LogP contribution is 2.51. The van der Waals surface area contributed by atoms with Crippen LogP contribution in [0.15, 0.2) is 0 Å². The van der Waals surface area contributed by atoms with Gasteiger partial charge in [0.1, 0.15) is 0 Å². The van der Waals surface area contributed by atoms with Gasteiger partial charge in [-0.25, -0.2) is 0 Å². The largest absolute Gasteiger partial charge is 0.377 e. The van der Waals surface area contributed by atoms with Crippen LogP contribution in [0.25, 0.3) is 0 Å². The molecule has 0 radical (unpaired) electrons. The van der Waals surface area contributed by atoms with Crippen LogP contribution in [-0.2, 0) is 4.74 Å². The van der Waals surface area contributed by atoms with Crippen LogP contribution < -0.4 is 5.32 Å². The Bertz CT molecular complexity index is 220. The molecule has 0 aromatic carbocycles. The third-order valence-electron chi connectivity index (χ3n) is 4.00. The first-order valence-electron chi connectivity index (χ1n) is 6.02. The van der Waals surface area contributed by atoms with Crippen LogP contribution >= 0.6 is 11.8 Å². The molecule has 1 saturated carbocycles. The predicted octanol–water partition coefficient (Wildman–Crippen LogP) is 2.14. The second kappa shape index (κ2) is 4.64. The number of thioether (sulfide) groups is 1. The Hall–Kier alpha value is 0.270. The summed E-state index contributed by atoms with van der Waals surface area (Å²) in [6.45, 7) is 6.80. The third-order valence-corrected chi connectivity index (χ3v) is 4.61. The lowest BCUT2D eigenvalue weighted by molar-refractivity contribution is -0.192. The van der Waals surface area contributed by atoms with Crippen LogP contribution in [0.1, 0.15) is 26.7 Å². The standard InChI is InChI=1S/C12H23NOS/c1-12(2)10(13-6-8-15-3)9-5-4-7-14-11(9)12/h9-11,13H,4-8H2,1-3H3. The molecule has 3 unspecified atom stereocenters. The van der Waals surface area contributed by atoms with E-state index in [0.29, 0.717) is 17.6 Å². The molecule has 15 heavy (non-hydrogen) atoms. The SMILES string of the molecule is CSCCNC1C2CCCOC2C1(C)C. The fourth-order valence-electron chi connectivity index (χ4n) is 3.25. The van der Waals surface area contributed by atoms with Gasteiger partial charge in [0, 0.05) is 36.3 Å². The zero-order chi connectivity index (χ0) is 10.9. The Morgan fingerprint density at radius 1 is 1.47 bits per heavy atom. The lowest BCUT2D eigenvalue weighted by Gasteiger charge is -2.60. The van der Waals surface area contributed by atoms with E-state index in [4.69, 9.17) is 4.74 Å². The minimum atomic E-state index is 0.337. The van der Waals surface area contributed by atoms with Gasteiger partial charge in [-0.05, 0) is 19.1 Å². The van der Waals surface area contributed by atoms with E-state index in [1.54, 1.807) is 0 Å². The van der Waals surface area contributed by atoms with Crippen molar-refractivity contribution in [2.24, 2.45) is 11.3 Å². The topological polar surface area (TPSA) is 21.3 Å². The molecule has 1 aliphatic carbocycles. The summed E-state index contributed by atoms with van der Waals surface area (Å²) in [6.07, 6.45) is 5.28. The first-order chi connectivity index (χ1) is 7.18. The van der Waals surface area contributed by atoms with E-state index in [0.717, 1.165) is 19.1 Å². The van der Waals surface area contributed by atoms with Gasteiger partial charge in [0.15, 0.2) is 0 Å². The molecule has 0 aromatic rings. The summed E-state index contributed by atoms with van der Waals surface area (Å²) in [4.78, 5) is 0. The normalized spacial score (nSPS) is 38.2. The van der Waals surface area contributed by atoms with Crippen molar-refractivity contribution in [2.45, 2.75) is 38.8 Å². The van der Waals surface area contributed by atoms with Crippen LogP contribution in [0, 0.1) is 11.3 Å². The highest BCUT2D eigenvalue weighted by Gasteiger charge is 2.57. The lowest BCUT2D eigenvalue weighted by Crippen LogP contribution is -2.69. The van der Waals surface area contributed by atoms with Gasteiger partial charge in [-0.15, -0.1) is 0 Å². The van der Waals surface area contributed by atoms with Gasteiger partial charge in [0.25, 0.3) is 0 Å². The molecule has 3 atom stereocenters. The number of hydrogen-bond donors (Lipinski definition) is 1. The number of fused-ring (bicyclic) bond motifs is 1. The minimum absolute atomic E-state index is 0.337. The van der Waals surface area contributed by atoms with Crippen molar-refractivity contribution < 1.29 is 4.74 Å². The molecular formula is C12H23NOS. The number of ether oxygens (including phenoxy) is 1. The van der Waals surface area contributed by atoms with Gasteiger partial charge in [0.05, 0.1) is 6.10 Å². The Kier molecular flexibility index (Phi) is 3.63. The van der Waals surface area contributed by atoms with E-state index in [9.17, 15) is 0 Å². The average Bonchev–Trinajstić information content (AvgIpc) is 2.24. The molecule has 88 valence electrons. The van der Waals surface area contributed by atoms with E-state index in [-0.39, 0.29) is 0 Å². The van der Waals surface area contributed by atoms with Crippen molar-refractivity contribution in [1.82, 2.24) is 5.32 Å². The molecule has 2 fully saturated rings. The van der Waals surface area contributed by atoms with Gasteiger partial charge in [-0.1, -0.05) is 13.8 Å². The molecule has 0 spiro atoms. The Morgan fingerprint density at radius 3 is 3.00 bits per heavy atom. The molecule has 1 saturated heterocycles. The van der Waals surface area contributed by atoms with Gasteiger partial charge < -0.3 is 10.1 Å². The minimum Gasteiger partial charge on any atom is -0.377 e. The van der Waals surface area contributed by atoms with Crippen molar-refractivity contribution in [3.63, 3.8) is 0 Å². The second-order valence-corrected chi connectivity index (χ2v) is 6.33. The van der Waals surface area contributed by atoms with Crippen molar-refractivity contribution in [2.75, 3.05) is 25.2 Å². The fourth-order valence-corrected chi connectivity index (χ4v) is 3.58. The smallest absolute Gasteiger partial charge is 0.0684 e. The quantitative estimate of drug-likeness (QED) is 0.746. The summed E-state index contributed by atoms with van der Waals surface area (Å²) in [5.74, 6) is 1.99. The molecule has 3 heteroatoms. The molecule has 1 N–H and O–H groups in total. The molecule has 0 aromatic heterocycles. The molecule has 2 rings (SSSR count). The molecular weight excluding hydrogens is 206 g/mol. The van der Waals surface area contributed by atoms with E-state index in [2.05, 4.69) is 25.4 Å². The first-order valence-corrected chi connectivity index (χ1v) is 7.41. The predicted molar refractivity (Wildman–Crippen MR) is 66.4 cm³/mol. The Balaban J connectivity index is 1.87. The van der Waals surface area contributed by atoms with E-state index >= 15 is 0 Å². The summed E-state index contributed by atoms with van der Waals surface area (Å²) in [5.41, 5.74) is 0.337. The lowest BCUT2D eigenvalue weighted by atomic mass is 9.55. The molecule has 2 aliphatic rings. The Morgan fingerprint density at radius 2 is 2.27 bits per heavy atom. The molecule has 1 aliphatic heterocycles. The van der Waals surface area contributed by atoms with Gasteiger partial charge in [-0.3, -0.25) is 0 Å². The summed E-state index contributed by atoms with van der Waals surface area (Å²) in [7, 11) is 0. The zero-order valence-electron chi connectivity index (χ0n) is 10.1. The van der Waals surface area contributed by atoms with Crippen molar-refractivity contribution in [3.05, 3.63) is 0 Å². The average molecular weight is 229 g/mol. The Labute approximate surface area is 97.5 Å². The monoisotopic (exact) mass is 229 g/mol. The maximum absolute atomic E-state index is 5.88.